The van der Waals surface area contributed by atoms with E-state index in [-0.39, 0.29) is 6.61 Å². The number of nitrogens with zero attached hydrogens (tertiary/aromatic N) is 3. The van der Waals surface area contributed by atoms with Crippen molar-refractivity contribution < 1.29 is 14.6 Å². The number of aromatic nitrogens is 1. The molecular weight excluding hydrogens is 338 g/mol. The van der Waals surface area contributed by atoms with Gasteiger partial charge in [-0.15, -0.1) is 11.3 Å². The number of methoxy groups -OCH3 is 2. The maximum absolute atomic E-state index is 9.49. The molecule has 0 aliphatic carbocycles. The molecule has 1 aliphatic heterocycles. The molecule has 2 heterocycles. The molecule has 7 heteroatoms. The van der Waals surface area contributed by atoms with E-state index in [4.69, 9.17) is 9.47 Å². The third-order valence-electron chi connectivity index (χ3n) is 4.55. The highest BCUT2D eigenvalue weighted by Gasteiger charge is 2.28. The van der Waals surface area contributed by atoms with Crippen LogP contribution in [-0.2, 0) is 6.54 Å². The summed E-state index contributed by atoms with van der Waals surface area (Å²) in [5.41, 5.74) is 1.15. The summed E-state index contributed by atoms with van der Waals surface area (Å²) in [5.74, 6) is 1.60. The average molecular weight is 363 g/mol. The summed E-state index contributed by atoms with van der Waals surface area (Å²) in [5, 5.41) is 12.6. The number of ether oxygens (including phenoxy) is 2. The zero-order valence-electron chi connectivity index (χ0n) is 14.7. The van der Waals surface area contributed by atoms with E-state index in [2.05, 4.69) is 14.8 Å². The van der Waals surface area contributed by atoms with Gasteiger partial charge in [-0.1, -0.05) is 0 Å². The van der Waals surface area contributed by atoms with Gasteiger partial charge < -0.3 is 19.5 Å². The van der Waals surface area contributed by atoms with E-state index in [1.54, 1.807) is 25.6 Å². The van der Waals surface area contributed by atoms with Gasteiger partial charge >= 0.3 is 0 Å². The van der Waals surface area contributed by atoms with E-state index in [9.17, 15) is 5.11 Å². The van der Waals surface area contributed by atoms with E-state index in [1.807, 2.05) is 29.8 Å². The third kappa shape index (κ3) is 4.42. The maximum Gasteiger partial charge on any atom is 0.185 e. The summed E-state index contributed by atoms with van der Waals surface area (Å²) in [6.45, 7) is 3.76. The Bertz CT molecular complexity index is 643. The molecule has 0 unspecified atom stereocenters. The Morgan fingerprint density at radius 3 is 2.56 bits per heavy atom. The molecule has 25 heavy (non-hydrogen) atoms. The van der Waals surface area contributed by atoms with E-state index < -0.39 is 0 Å². The first-order valence-corrected chi connectivity index (χ1v) is 9.32. The Labute approximate surface area is 152 Å². The monoisotopic (exact) mass is 363 g/mol. The summed E-state index contributed by atoms with van der Waals surface area (Å²) >= 11 is 1.67. The predicted octanol–water partition coefficient (Wildman–Crippen LogP) is 2.23. The first kappa shape index (κ1) is 18.0. The van der Waals surface area contributed by atoms with Crippen LogP contribution in [0.15, 0.2) is 29.8 Å². The molecule has 0 saturated carbocycles. The van der Waals surface area contributed by atoms with Crippen LogP contribution in [0.1, 0.15) is 12.0 Å². The molecule has 1 aromatic heterocycles. The molecule has 1 saturated heterocycles. The Morgan fingerprint density at radius 2 is 1.96 bits per heavy atom. The maximum atomic E-state index is 9.49. The minimum Gasteiger partial charge on any atom is -0.497 e. The fourth-order valence-electron chi connectivity index (χ4n) is 3.26. The van der Waals surface area contributed by atoms with Crippen molar-refractivity contribution in [2.45, 2.75) is 19.0 Å². The number of aliphatic hydroxyl groups is 1. The number of benzene rings is 1. The molecule has 0 radical (unpaired) electrons. The van der Waals surface area contributed by atoms with Crippen molar-refractivity contribution in [1.29, 1.82) is 0 Å². The van der Waals surface area contributed by atoms with E-state index in [0.717, 1.165) is 54.8 Å². The van der Waals surface area contributed by atoms with Crippen molar-refractivity contribution in [3.63, 3.8) is 0 Å². The quantitative estimate of drug-likeness (QED) is 0.814. The molecule has 0 bridgehead atoms. The zero-order valence-corrected chi connectivity index (χ0v) is 15.5. The Balaban J connectivity index is 1.73. The van der Waals surface area contributed by atoms with E-state index in [1.165, 1.54) is 0 Å². The van der Waals surface area contributed by atoms with Crippen LogP contribution in [0, 0.1) is 0 Å². The smallest absolute Gasteiger partial charge is 0.185 e. The highest BCUT2D eigenvalue weighted by molar-refractivity contribution is 7.13. The fraction of sp³-hybridized carbons (Fsp3) is 0.500. The molecule has 136 valence electrons. The standard InChI is InChI=1S/C18H25N3O3S/c1-23-16-9-14(10-17(11-16)24-2)12-20-5-6-21(13-15(20)3-7-22)18-19-4-8-25-18/h4,8-11,15,22H,3,5-7,12-13H2,1-2H3/t15-/m0/s1. The molecule has 6 nitrogen and oxygen atoms in total. The summed E-state index contributed by atoms with van der Waals surface area (Å²) in [4.78, 5) is 9.16. The number of rotatable bonds is 7. The lowest BCUT2D eigenvalue weighted by Gasteiger charge is -2.41. The van der Waals surface area contributed by atoms with Crippen molar-refractivity contribution in [2.24, 2.45) is 0 Å². The number of piperazine rings is 1. The number of thiazole rings is 1. The van der Waals surface area contributed by atoms with Gasteiger partial charge in [0.05, 0.1) is 14.2 Å². The minimum atomic E-state index is 0.189. The molecule has 1 fully saturated rings. The Hall–Kier alpha value is -1.83. The zero-order chi connectivity index (χ0) is 17.6. The average Bonchev–Trinajstić information content (AvgIpc) is 3.17. The molecule has 2 aromatic rings. The van der Waals surface area contributed by atoms with Gasteiger partial charge in [0.2, 0.25) is 0 Å². The van der Waals surface area contributed by atoms with Crippen molar-refractivity contribution in [3.8, 4) is 11.5 Å². The molecular formula is C18H25N3O3S. The number of anilines is 1. The van der Waals surface area contributed by atoms with E-state index >= 15 is 0 Å². The molecule has 0 amide bonds. The first-order chi connectivity index (χ1) is 12.2. The molecule has 1 aliphatic rings. The van der Waals surface area contributed by atoms with Crippen LogP contribution < -0.4 is 14.4 Å². The fourth-order valence-corrected chi connectivity index (χ4v) is 3.94. The second-order valence-electron chi connectivity index (χ2n) is 6.12. The second-order valence-corrected chi connectivity index (χ2v) is 6.99. The van der Waals surface area contributed by atoms with Crippen LogP contribution in [0.5, 0.6) is 11.5 Å². The highest BCUT2D eigenvalue weighted by Crippen LogP contribution is 2.27. The number of aliphatic hydroxyl groups excluding tert-OH is 1. The van der Waals surface area contributed by atoms with Gasteiger partial charge in [-0.05, 0) is 24.1 Å². The summed E-state index contributed by atoms with van der Waals surface area (Å²) in [6.07, 6.45) is 2.60. The molecule has 0 spiro atoms. The van der Waals surface area contributed by atoms with Gasteiger partial charge in [0.25, 0.3) is 0 Å². The topological polar surface area (TPSA) is 58.1 Å². The minimum absolute atomic E-state index is 0.189. The summed E-state index contributed by atoms with van der Waals surface area (Å²) < 4.78 is 10.7. The van der Waals surface area contributed by atoms with Crippen LogP contribution >= 0.6 is 11.3 Å². The SMILES string of the molecule is COc1cc(CN2CCN(c3nccs3)C[C@@H]2CCO)cc(OC)c1. The number of hydrogen-bond donors (Lipinski definition) is 1. The largest absolute Gasteiger partial charge is 0.497 e. The van der Waals surface area contributed by atoms with Gasteiger partial charge in [-0.2, -0.15) is 0 Å². The van der Waals surface area contributed by atoms with Crippen LogP contribution in [-0.4, -0.2) is 61.5 Å². The Morgan fingerprint density at radius 1 is 1.20 bits per heavy atom. The lowest BCUT2D eigenvalue weighted by atomic mass is 10.1. The highest BCUT2D eigenvalue weighted by atomic mass is 32.1. The van der Waals surface area contributed by atoms with Crippen LogP contribution in [0.4, 0.5) is 5.13 Å². The second kappa shape index (κ2) is 8.51. The van der Waals surface area contributed by atoms with Gasteiger partial charge in [0.15, 0.2) is 5.13 Å². The normalized spacial score (nSPS) is 18.4. The van der Waals surface area contributed by atoms with Gasteiger partial charge in [0, 0.05) is 56.5 Å². The van der Waals surface area contributed by atoms with Crippen molar-refractivity contribution >= 4 is 16.5 Å². The first-order valence-electron chi connectivity index (χ1n) is 8.44. The van der Waals surface area contributed by atoms with Gasteiger partial charge in [-0.25, -0.2) is 4.98 Å². The van der Waals surface area contributed by atoms with Crippen molar-refractivity contribution in [3.05, 3.63) is 35.3 Å². The lowest BCUT2D eigenvalue weighted by Crippen LogP contribution is -2.53. The summed E-state index contributed by atoms with van der Waals surface area (Å²) in [7, 11) is 3.33. The third-order valence-corrected chi connectivity index (χ3v) is 5.39. The molecule has 1 N–H and O–H groups in total. The molecule has 3 rings (SSSR count). The predicted molar refractivity (Wildman–Crippen MR) is 99.8 cm³/mol. The van der Waals surface area contributed by atoms with Gasteiger partial charge in [-0.3, -0.25) is 4.90 Å². The van der Waals surface area contributed by atoms with Crippen LogP contribution in [0.2, 0.25) is 0 Å². The van der Waals surface area contributed by atoms with Gasteiger partial charge in [0.1, 0.15) is 11.5 Å². The lowest BCUT2D eigenvalue weighted by molar-refractivity contribution is 0.135. The van der Waals surface area contributed by atoms with Crippen LogP contribution in [0.3, 0.4) is 0 Å². The van der Waals surface area contributed by atoms with Crippen molar-refractivity contribution in [2.75, 3.05) is 45.4 Å². The summed E-state index contributed by atoms with van der Waals surface area (Å²) in [6, 6.07) is 6.27. The van der Waals surface area contributed by atoms with E-state index in [0.29, 0.717) is 6.04 Å². The Kier molecular flexibility index (Phi) is 6.12. The molecule has 1 atom stereocenters. The number of hydrogen-bond acceptors (Lipinski definition) is 7. The van der Waals surface area contributed by atoms with Crippen LogP contribution in [0.25, 0.3) is 0 Å². The molecule has 1 aromatic carbocycles. The van der Waals surface area contributed by atoms with Crippen molar-refractivity contribution in [1.82, 2.24) is 9.88 Å².